The number of methoxy groups -OCH3 is 1. The number of benzene rings is 1. The molecule has 0 aliphatic carbocycles. The van der Waals surface area contributed by atoms with Gasteiger partial charge in [0.15, 0.2) is 11.5 Å². The van der Waals surface area contributed by atoms with E-state index in [2.05, 4.69) is 25.2 Å². The number of carbonyl (C=O) groups is 1. The van der Waals surface area contributed by atoms with E-state index in [0.717, 1.165) is 11.8 Å². The molecule has 0 atom stereocenters. The van der Waals surface area contributed by atoms with Gasteiger partial charge in [0.05, 0.1) is 12.9 Å². The quantitative estimate of drug-likeness (QED) is 0.610. The van der Waals surface area contributed by atoms with Gasteiger partial charge in [-0.05, 0) is 17.7 Å². The van der Waals surface area contributed by atoms with Crippen molar-refractivity contribution in [2.24, 2.45) is 0 Å². The van der Waals surface area contributed by atoms with Gasteiger partial charge in [-0.1, -0.05) is 17.8 Å². The third-order valence-electron chi connectivity index (χ3n) is 2.75. The first-order valence-electron chi connectivity index (χ1n) is 6.67. The molecule has 1 amide bonds. The fourth-order valence-electron chi connectivity index (χ4n) is 1.72. The molecule has 0 bridgehead atoms. The number of nitrogens with one attached hydrogen (secondary N) is 2. The molecular weight excluding hydrogens is 344 g/mol. The molecule has 1 heterocycles. The number of rotatable bonds is 8. The van der Waals surface area contributed by atoms with Gasteiger partial charge in [-0.3, -0.25) is 4.79 Å². The largest absolute Gasteiger partial charge is 0.493 e. The molecule has 0 spiro atoms. The van der Waals surface area contributed by atoms with Crippen LogP contribution in [0.3, 0.4) is 0 Å². The predicted molar refractivity (Wildman–Crippen MR) is 83.0 cm³/mol. The van der Waals surface area contributed by atoms with E-state index >= 15 is 0 Å². The number of alkyl halides is 2. The number of ether oxygens (including phenoxy) is 2. The molecule has 4 N–H and O–H groups in total. The van der Waals surface area contributed by atoms with Crippen molar-refractivity contribution in [1.29, 1.82) is 0 Å². The average molecular weight is 359 g/mol. The zero-order valence-electron chi connectivity index (χ0n) is 12.6. The highest BCUT2D eigenvalue weighted by Gasteiger charge is 2.12. The Kier molecular flexibility index (Phi) is 6.18. The van der Waals surface area contributed by atoms with Gasteiger partial charge in [-0.2, -0.15) is 13.8 Å². The van der Waals surface area contributed by atoms with Crippen LogP contribution in [-0.4, -0.2) is 40.6 Å². The molecule has 1 aromatic carbocycles. The summed E-state index contributed by atoms with van der Waals surface area (Å²) in [6.45, 7) is -2.73. The summed E-state index contributed by atoms with van der Waals surface area (Å²) in [6.07, 6.45) is 0. The number of aromatic amines is 1. The zero-order valence-corrected chi connectivity index (χ0v) is 13.4. The molecule has 2 rings (SSSR count). The normalized spacial score (nSPS) is 10.7. The van der Waals surface area contributed by atoms with Crippen LogP contribution >= 0.6 is 11.8 Å². The van der Waals surface area contributed by atoms with Gasteiger partial charge in [0.1, 0.15) is 0 Å². The monoisotopic (exact) mass is 359 g/mol. The SMILES string of the molecule is COc1cc(CNC(=O)CSc2n[nH]c(N)n2)ccc1OC(F)F. The first-order valence-corrected chi connectivity index (χ1v) is 7.65. The van der Waals surface area contributed by atoms with Gasteiger partial charge < -0.3 is 20.5 Å². The highest BCUT2D eigenvalue weighted by Crippen LogP contribution is 2.29. The van der Waals surface area contributed by atoms with Gasteiger partial charge in [-0.25, -0.2) is 5.10 Å². The van der Waals surface area contributed by atoms with E-state index in [0.29, 0.717) is 10.7 Å². The van der Waals surface area contributed by atoms with Crippen LogP contribution in [0.2, 0.25) is 0 Å². The number of thioether (sulfide) groups is 1. The van der Waals surface area contributed by atoms with E-state index in [9.17, 15) is 13.6 Å². The Hall–Kier alpha value is -2.56. The lowest BCUT2D eigenvalue weighted by atomic mass is 10.2. The van der Waals surface area contributed by atoms with E-state index in [-0.39, 0.29) is 35.7 Å². The lowest BCUT2D eigenvalue weighted by Crippen LogP contribution is -2.24. The molecule has 24 heavy (non-hydrogen) atoms. The van der Waals surface area contributed by atoms with Crippen molar-refractivity contribution in [2.45, 2.75) is 18.3 Å². The second-order valence-electron chi connectivity index (χ2n) is 4.43. The summed E-state index contributed by atoms with van der Waals surface area (Å²) in [6, 6.07) is 4.43. The summed E-state index contributed by atoms with van der Waals surface area (Å²) < 4.78 is 33.8. The van der Waals surface area contributed by atoms with Gasteiger partial charge in [0, 0.05) is 6.54 Å². The van der Waals surface area contributed by atoms with Gasteiger partial charge in [-0.15, -0.1) is 5.10 Å². The zero-order chi connectivity index (χ0) is 17.5. The predicted octanol–water partition coefficient (Wildman–Crippen LogP) is 1.41. The molecule has 2 aromatic rings. The maximum Gasteiger partial charge on any atom is 0.387 e. The van der Waals surface area contributed by atoms with Crippen molar-refractivity contribution in [1.82, 2.24) is 20.5 Å². The third-order valence-corrected chi connectivity index (χ3v) is 3.60. The first-order chi connectivity index (χ1) is 11.5. The second-order valence-corrected chi connectivity index (χ2v) is 5.37. The summed E-state index contributed by atoms with van der Waals surface area (Å²) in [5.41, 5.74) is 6.05. The number of H-pyrrole nitrogens is 1. The number of nitrogens with two attached hydrogens (primary N) is 1. The standard InChI is InChI=1S/C13H15F2N5O3S/c1-22-9-4-7(2-3-8(9)23-11(14)15)5-17-10(21)6-24-13-18-12(16)19-20-13/h2-4,11H,5-6H2,1H3,(H,17,21)(H3,16,18,19,20). The number of hydrogen-bond donors (Lipinski definition) is 3. The van der Waals surface area contributed by atoms with E-state index in [1.165, 1.54) is 19.2 Å². The minimum atomic E-state index is -2.94. The summed E-state index contributed by atoms with van der Waals surface area (Å²) in [4.78, 5) is 15.6. The van der Waals surface area contributed by atoms with E-state index in [1.54, 1.807) is 6.07 Å². The fraction of sp³-hybridized carbons (Fsp3) is 0.308. The fourth-order valence-corrected chi connectivity index (χ4v) is 2.36. The molecule has 0 fully saturated rings. The minimum absolute atomic E-state index is 0.0691. The summed E-state index contributed by atoms with van der Waals surface area (Å²) in [7, 11) is 1.34. The Morgan fingerprint density at radius 2 is 2.25 bits per heavy atom. The molecule has 1 aromatic heterocycles. The number of aromatic nitrogens is 3. The smallest absolute Gasteiger partial charge is 0.387 e. The third kappa shape index (κ3) is 5.26. The molecular formula is C13H15F2N5O3S. The Balaban J connectivity index is 1.85. The van der Waals surface area contributed by atoms with Crippen LogP contribution in [-0.2, 0) is 11.3 Å². The topological polar surface area (TPSA) is 115 Å². The summed E-state index contributed by atoms with van der Waals surface area (Å²) in [5, 5.41) is 9.32. The number of amides is 1. The Morgan fingerprint density at radius 1 is 1.46 bits per heavy atom. The number of halogens is 2. The van der Waals surface area contributed by atoms with Crippen molar-refractivity contribution in [3.05, 3.63) is 23.8 Å². The number of hydrogen-bond acceptors (Lipinski definition) is 7. The summed E-state index contributed by atoms with van der Waals surface area (Å²) in [5.74, 6) is 0.139. The van der Waals surface area contributed by atoms with Crippen LogP contribution in [0.15, 0.2) is 23.4 Å². The van der Waals surface area contributed by atoms with Crippen LogP contribution in [0.5, 0.6) is 11.5 Å². The molecule has 0 unspecified atom stereocenters. The van der Waals surface area contributed by atoms with E-state index in [1.807, 2.05) is 0 Å². The number of carbonyl (C=O) groups excluding carboxylic acids is 1. The van der Waals surface area contributed by atoms with Crippen LogP contribution in [0, 0.1) is 0 Å². The van der Waals surface area contributed by atoms with Crippen molar-refractivity contribution in [3.8, 4) is 11.5 Å². The van der Waals surface area contributed by atoms with Gasteiger partial charge in [0.2, 0.25) is 17.0 Å². The number of nitrogens with zero attached hydrogens (tertiary/aromatic N) is 2. The lowest BCUT2D eigenvalue weighted by Gasteiger charge is -2.11. The molecule has 11 heteroatoms. The van der Waals surface area contributed by atoms with Crippen LogP contribution < -0.4 is 20.5 Å². The van der Waals surface area contributed by atoms with E-state index < -0.39 is 6.61 Å². The second kappa shape index (κ2) is 8.34. The van der Waals surface area contributed by atoms with E-state index in [4.69, 9.17) is 10.5 Å². The highest BCUT2D eigenvalue weighted by atomic mass is 32.2. The Labute approximate surface area is 140 Å². The summed E-state index contributed by atoms with van der Waals surface area (Å²) >= 11 is 1.13. The lowest BCUT2D eigenvalue weighted by molar-refractivity contribution is -0.118. The Bertz CT molecular complexity index is 698. The van der Waals surface area contributed by atoms with Crippen molar-refractivity contribution in [3.63, 3.8) is 0 Å². The van der Waals surface area contributed by atoms with Gasteiger partial charge >= 0.3 is 6.61 Å². The molecule has 8 nitrogen and oxygen atoms in total. The highest BCUT2D eigenvalue weighted by molar-refractivity contribution is 7.99. The van der Waals surface area contributed by atoms with Crippen molar-refractivity contribution in [2.75, 3.05) is 18.6 Å². The van der Waals surface area contributed by atoms with Gasteiger partial charge in [0.25, 0.3) is 0 Å². The molecule has 0 saturated heterocycles. The van der Waals surface area contributed by atoms with Crippen LogP contribution in [0.4, 0.5) is 14.7 Å². The number of anilines is 1. The Morgan fingerprint density at radius 3 is 2.88 bits per heavy atom. The van der Waals surface area contributed by atoms with Crippen molar-refractivity contribution < 1.29 is 23.0 Å². The minimum Gasteiger partial charge on any atom is -0.493 e. The first kappa shape index (κ1) is 17.8. The molecule has 0 saturated carbocycles. The van der Waals surface area contributed by atoms with Crippen LogP contribution in [0.25, 0.3) is 0 Å². The average Bonchev–Trinajstić information content (AvgIpc) is 2.97. The van der Waals surface area contributed by atoms with Crippen molar-refractivity contribution >= 4 is 23.6 Å². The molecule has 0 radical (unpaired) electrons. The maximum atomic E-state index is 12.3. The number of nitrogen functional groups attached to an aromatic ring is 1. The molecule has 0 aliphatic heterocycles. The molecule has 130 valence electrons. The maximum absolute atomic E-state index is 12.3. The molecule has 0 aliphatic rings. The van der Waals surface area contributed by atoms with Crippen LogP contribution in [0.1, 0.15) is 5.56 Å².